The van der Waals surface area contributed by atoms with Crippen molar-refractivity contribution in [2.45, 2.75) is 6.54 Å². The van der Waals surface area contributed by atoms with Gasteiger partial charge in [0.1, 0.15) is 5.75 Å². The molecule has 3 aromatic rings. The fraction of sp³-hybridized carbons (Fsp3) is 0.158. The summed E-state index contributed by atoms with van der Waals surface area (Å²) in [6.07, 6.45) is 1.81. The lowest BCUT2D eigenvalue weighted by atomic mass is 10.1. The first-order valence-electron chi connectivity index (χ1n) is 7.73. The van der Waals surface area contributed by atoms with Gasteiger partial charge in [0.25, 0.3) is 0 Å². The average Bonchev–Trinajstić information content (AvgIpc) is 2.91. The number of aromatic nitrogens is 2. The summed E-state index contributed by atoms with van der Waals surface area (Å²) >= 11 is 5.93. The van der Waals surface area contributed by atoms with Crippen LogP contribution in [0.15, 0.2) is 54.7 Å². The fourth-order valence-electron chi connectivity index (χ4n) is 2.65. The van der Waals surface area contributed by atoms with Gasteiger partial charge in [0.2, 0.25) is 5.62 Å². The van der Waals surface area contributed by atoms with Crippen LogP contribution in [0.25, 0.3) is 11.3 Å². The Hall–Kier alpha value is -2.79. The van der Waals surface area contributed by atoms with Crippen LogP contribution in [0, 0.1) is 5.41 Å². The number of benzene rings is 2. The zero-order valence-corrected chi connectivity index (χ0v) is 14.7. The van der Waals surface area contributed by atoms with E-state index >= 15 is 0 Å². The lowest BCUT2D eigenvalue weighted by Crippen LogP contribution is -2.25. The van der Waals surface area contributed by atoms with Gasteiger partial charge in [0.15, 0.2) is 5.78 Å². The Morgan fingerprint density at radius 2 is 1.92 bits per heavy atom. The van der Waals surface area contributed by atoms with Crippen molar-refractivity contribution in [1.82, 2.24) is 9.13 Å². The molecule has 25 heavy (non-hydrogen) atoms. The third kappa shape index (κ3) is 3.51. The number of nitrogens with zero attached hydrogens (tertiary/aromatic N) is 2. The molecule has 0 aliphatic carbocycles. The molecular weight excluding hydrogens is 338 g/mol. The van der Waals surface area contributed by atoms with Gasteiger partial charge < -0.3 is 13.9 Å². The third-order valence-electron chi connectivity index (χ3n) is 4.07. The van der Waals surface area contributed by atoms with Gasteiger partial charge in [0.05, 0.1) is 19.3 Å². The summed E-state index contributed by atoms with van der Waals surface area (Å²) in [5.41, 5.74) is 2.59. The van der Waals surface area contributed by atoms with Gasteiger partial charge >= 0.3 is 0 Å². The van der Waals surface area contributed by atoms with Gasteiger partial charge in [-0.2, -0.15) is 0 Å². The second-order valence-electron chi connectivity index (χ2n) is 5.69. The molecule has 5 nitrogen and oxygen atoms in total. The first-order chi connectivity index (χ1) is 12.0. The number of hydrogen-bond acceptors (Lipinski definition) is 3. The molecule has 1 heterocycles. The van der Waals surface area contributed by atoms with Crippen molar-refractivity contribution < 1.29 is 9.53 Å². The van der Waals surface area contributed by atoms with Crippen LogP contribution < -0.4 is 10.4 Å². The molecule has 3 rings (SSSR count). The molecule has 2 aromatic carbocycles. The minimum absolute atomic E-state index is 0.0781. The summed E-state index contributed by atoms with van der Waals surface area (Å²) in [6, 6.07) is 14.4. The van der Waals surface area contributed by atoms with E-state index in [0.717, 1.165) is 11.3 Å². The minimum Gasteiger partial charge on any atom is -0.497 e. The number of carbonyl (C=O) groups is 1. The number of Topliss-reactive ketones (excluding diaryl/α,β-unsaturated/α-hetero) is 1. The Bertz CT molecular complexity index is 971. The number of nitrogens with one attached hydrogen (secondary N) is 1. The molecule has 0 saturated heterocycles. The van der Waals surface area contributed by atoms with Crippen LogP contribution in [-0.2, 0) is 13.6 Å². The Morgan fingerprint density at radius 1 is 1.20 bits per heavy atom. The van der Waals surface area contributed by atoms with Gasteiger partial charge in [-0.15, -0.1) is 0 Å². The summed E-state index contributed by atoms with van der Waals surface area (Å²) in [5.74, 6) is 0.558. The molecule has 0 spiro atoms. The summed E-state index contributed by atoms with van der Waals surface area (Å²) in [5, 5.41) is 8.92. The Morgan fingerprint density at radius 3 is 2.60 bits per heavy atom. The Balaban J connectivity index is 1.90. The van der Waals surface area contributed by atoms with Gasteiger partial charge in [-0.05, 0) is 29.8 Å². The smallest absolute Gasteiger partial charge is 0.202 e. The molecule has 1 aromatic heterocycles. The van der Waals surface area contributed by atoms with E-state index in [1.807, 2.05) is 18.3 Å². The van der Waals surface area contributed by atoms with Crippen LogP contribution >= 0.6 is 11.6 Å². The maximum Gasteiger partial charge on any atom is 0.202 e. The van der Waals surface area contributed by atoms with E-state index in [1.54, 1.807) is 59.7 Å². The predicted molar refractivity (Wildman–Crippen MR) is 97.0 cm³/mol. The van der Waals surface area contributed by atoms with Crippen molar-refractivity contribution in [3.8, 4) is 17.0 Å². The highest BCUT2D eigenvalue weighted by atomic mass is 35.5. The first kappa shape index (κ1) is 17.0. The molecule has 0 fully saturated rings. The molecule has 128 valence electrons. The zero-order chi connectivity index (χ0) is 18.0. The highest BCUT2D eigenvalue weighted by Crippen LogP contribution is 2.20. The highest BCUT2D eigenvalue weighted by Gasteiger charge is 2.13. The van der Waals surface area contributed by atoms with Crippen molar-refractivity contribution in [3.05, 3.63) is 70.9 Å². The number of ketones is 1. The van der Waals surface area contributed by atoms with Crippen molar-refractivity contribution in [1.29, 1.82) is 5.41 Å². The van der Waals surface area contributed by atoms with E-state index in [1.165, 1.54) is 0 Å². The molecule has 0 aliphatic rings. The van der Waals surface area contributed by atoms with Crippen LogP contribution in [-0.4, -0.2) is 22.0 Å². The van der Waals surface area contributed by atoms with Crippen molar-refractivity contribution >= 4 is 17.4 Å². The Labute approximate surface area is 150 Å². The number of hydrogen-bond donors (Lipinski definition) is 1. The fourth-order valence-corrected chi connectivity index (χ4v) is 2.78. The lowest BCUT2D eigenvalue weighted by molar-refractivity contribution is 0.0970. The van der Waals surface area contributed by atoms with Crippen LogP contribution in [0.5, 0.6) is 5.75 Å². The van der Waals surface area contributed by atoms with Crippen LogP contribution in [0.2, 0.25) is 5.02 Å². The molecule has 0 atom stereocenters. The molecule has 0 amide bonds. The summed E-state index contributed by atoms with van der Waals surface area (Å²) in [7, 11) is 3.37. The van der Waals surface area contributed by atoms with Crippen molar-refractivity contribution in [3.63, 3.8) is 0 Å². The number of imidazole rings is 1. The zero-order valence-electron chi connectivity index (χ0n) is 14.0. The molecular formula is C19H18ClN3O2. The summed E-state index contributed by atoms with van der Waals surface area (Å²) < 4.78 is 8.53. The second-order valence-corrected chi connectivity index (χ2v) is 6.12. The minimum atomic E-state index is -0.0781. The molecule has 0 aliphatic heterocycles. The van der Waals surface area contributed by atoms with Crippen LogP contribution in [0.1, 0.15) is 10.4 Å². The molecule has 1 N–H and O–H groups in total. The highest BCUT2D eigenvalue weighted by molar-refractivity contribution is 6.30. The number of methoxy groups -OCH3 is 1. The van der Waals surface area contributed by atoms with Crippen LogP contribution in [0.3, 0.4) is 0 Å². The number of halogens is 1. The van der Waals surface area contributed by atoms with E-state index in [2.05, 4.69) is 0 Å². The Kier molecular flexibility index (Phi) is 4.76. The number of rotatable bonds is 5. The summed E-state index contributed by atoms with van der Waals surface area (Å²) in [4.78, 5) is 12.5. The molecule has 0 unspecified atom stereocenters. The quantitative estimate of drug-likeness (QED) is 0.712. The van der Waals surface area contributed by atoms with Gasteiger partial charge in [-0.1, -0.05) is 35.9 Å². The maximum atomic E-state index is 12.5. The van der Waals surface area contributed by atoms with Gasteiger partial charge in [-0.3, -0.25) is 10.2 Å². The van der Waals surface area contributed by atoms with Gasteiger partial charge in [0, 0.05) is 23.8 Å². The van der Waals surface area contributed by atoms with Crippen molar-refractivity contribution in [2.75, 3.05) is 7.11 Å². The van der Waals surface area contributed by atoms with E-state index in [0.29, 0.717) is 16.3 Å². The summed E-state index contributed by atoms with van der Waals surface area (Å²) in [6.45, 7) is 0.0907. The number of carbonyl (C=O) groups excluding carboxylic acids is 1. The SMILES string of the molecule is COc1cccc(C(=O)Cn2cc(-c3ccc(Cl)cc3)n(C)c2=N)c1. The van der Waals surface area contributed by atoms with Gasteiger partial charge in [-0.25, -0.2) is 0 Å². The largest absolute Gasteiger partial charge is 0.497 e. The second kappa shape index (κ2) is 6.99. The molecule has 6 heteroatoms. The molecule has 0 saturated carbocycles. The number of ether oxygens (including phenoxy) is 1. The van der Waals surface area contributed by atoms with Crippen LogP contribution in [0.4, 0.5) is 0 Å². The normalized spacial score (nSPS) is 10.7. The topological polar surface area (TPSA) is 60.0 Å². The molecule has 0 bridgehead atoms. The first-order valence-corrected chi connectivity index (χ1v) is 8.11. The maximum absolute atomic E-state index is 12.5. The third-order valence-corrected chi connectivity index (χ3v) is 4.33. The van der Waals surface area contributed by atoms with E-state index in [-0.39, 0.29) is 17.9 Å². The van der Waals surface area contributed by atoms with E-state index in [9.17, 15) is 4.79 Å². The monoisotopic (exact) mass is 355 g/mol. The predicted octanol–water partition coefficient (Wildman–Crippen LogP) is 3.52. The lowest BCUT2D eigenvalue weighted by Gasteiger charge is -2.04. The standard InChI is InChI=1S/C19H18ClN3O2/c1-22-17(13-6-8-15(20)9-7-13)11-23(19(22)21)12-18(24)14-4-3-5-16(10-14)25-2/h3-11,21H,12H2,1-2H3. The molecule has 0 radical (unpaired) electrons. The van der Waals surface area contributed by atoms with E-state index in [4.69, 9.17) is 21.7 Å². The van der Waals surface area contributed by atoms with Crippen molar-refractivity contribution in [2.24, 2.45) is 7.05 Å². The average molecular weight is 356 g/mol. The van der Waals surface area contributed by atoms with E-state index < -0.39 is 0 Å².